The zero-order chi connectivity index (χ0) is 15.9. The molecule has 0 saturated carbocycles. The van der Waals surface area contributed by atoms with Gasteiger partial charge in [-0.25, -0.2) is 19.4 Å². The fourth-order valence-corrected chi connectivity index (χ4v) is 3.24. The van der Waals surface area contributed by atoms with Gasteiger partial charge in [-0.3, -0.25) is 0 Å². The molecule has 1 unspecified atom stereocenters. The highest BCUT2D eigenvalue weighted by molar-refractivity contribution is 9.10. The third kappa shape index (κ3) is 2.54. The van der Waals surface area contributed by atoms with Crippen LogP contribution in [0.15, 0.2) is 10.9 Å². The van der Waals surface area contributed by atoms with Crippen molar-refractivity contribution in [2.75, 3.05) is 25.1 Å². The van der Waals surface area contributed by atoms with Crippen LogP contribution in [0, 0.1) is 0 Å². The Kier molecular flexibility index (Phi) is 4.00. The summed E-state index contributed by atoms with van der Waals surface area (Å²) in [5.74, 6) is 0.348. The van der Waals surface area contributed by atoms with Gasteiger partial charge >= 0.3 is 5.97 Å². The van der Waals surface area contributed by atoms with E-state index in [9.17, 15) is 4.79 Å². The van der Waals surface area contributed by atoms with Gasteiger partial charge in [0.25, 0.3) is 0 Å². The molecule has 1 aliphatic heterocycles. The number of carbonyl (C=O) groups excluding carboxylic acids is 1. The molecule has 9 heteroatoms. The largest absolute Gasteiger partial charge is 0.467 e. The van der Waals surface area contributed by atoms with Crippen LogP contribution in [-0.2, 0) is 21.3 Å². The Morgan fingerprint density at radius 3 is 2.95 bits per heavy atom. The van der Waals surface area contributed by atoms with Gasteiger partial charge in [0, 0.05) is 13.6 Å². The van der Waals surface area contributed by atoms with Gasteiger partial charge in [0.05, 0.1) is 25.1 Å². The van der Waals surface area contributed by atoms with Crippen LogP contribution in [0.4, 0.5) is 5.82 Å². The average molecular weight is 370 g/mol. The van der Waals surface area contributed by atoms with Gasteiger partial charge in [-0.05, 0) is 22.9 Å². The molecule has 2 aromatic heterocycles. The van der Waals surface area contributed by atoms with Crippen molar-refractivity contribution in [3.63, 3.8) is 0 Å². The molecule has 22 heavy (non-hydrogen) atoms. The molecule has 2 aromatic rings. The lowest BCUT2D eigenvalue weighted by Crippen LogP contribution is -2.50. The number of ether oxygens (including phenoxy) is 2. The lowest BCUT2D eigenvalue weighted by atomic mass is 10.2. The first-order valence-corrected chi connectivity index (χ1v) is 7.62. The Labute approximate surface area is 135 Å². The number of rotatable bonds is 2. The van der Waals surface area contributed by atoms with Crippen LogP contribution in [0.1, 0.15) is 6.92 Å². The molecule has 2 atom stereocenters. The second kappa shape index (κ2) is 5.81. The summed E-state index contributed by atoms with van der Waals surface area (Å²) in [7, 11) is 3.18. The van der Waals surface area contributed by atoms with E-state index in [2.05, 4.69) is 31.0 Å². The summed E-state index contributed by atoms with van der Waals surface area (Å²) in [6.07, 6.45) is 0.756. The topological polar surface area (TPSA) is 82.4 Å². The third-order valence-electron chi connectivity index (χ3n) is 3.58. The van der Waals surface area contributed by atoms with Gasteiger partial charge in [-0.2, -0.15) is 5.10 Å². The van der Waals surface area contributed by atoms with Crippen LogP contribution in [0.5, 0.6) is 0 Å². The van der Waals surface area contributed by atoms with Crippen LogP contribution in [0.25, 0.3) is 11.0 Å². The maximum Gasteiger partial charge on any atom is 0.336 e. The monoisotopic (exact) mass is 369 g/mol. The second-order valence-corrected chi connectivity index (χ2v) is 5.92. The summed E-state index contributed by atoms with van der Waals surface area (Å²) in [6, 6.07) is 0. The van der Waals surface area contributed by atoms with Crippen LogP contribution in [0.3, 0.4) is 0 Å². The molecule has 1 aliphatic rings. The fraction of sp³-hybridized carbons (Fsp3) is 0.538. The van der Waals surface area contributed by atoms with E-state index in [0.717, 1.165) is 16.9 Å². The number of hydrogen-bond donors (Lipinski definition) is 0. The van der Waals surface area contributed by atoms with Crippen molar-refractivity contribution in [2.24, 2.45) is 7.05 Å². The van der Waals surface area contributed by atoms with Gasteiger partial charge in [-0.15, -0.1) is 0 Å². The van der Waals surface area contributed by atoms with Crippen molar-refractivity contribution in [3.8, 4) is 0 Å². The molecule has 3 heterocycles. The van der Waals surface area contributed by atoms with E-state index in [-0.39, 0.29) is 12.1 Å². The minimum absolute atomic E-state index is 0.113. The highest BCUT2D eigenvalue weighted by Gasteiger charge is 2.33. The van der Waals surface area contributed by atoms with Crippen molar-refractivity contribution in [1.82, 2.24) is 19.7 Å². The van der Waals surface area contributed by atoms with Gasteiger partial charge in [0.2, 0.25) is 0 Å². The van der Waals surface area contributed by atoms with E-state index in [1.165, 1.54) is 13.4 Å². The smallest absolute Gasteiger partial charge is 0.336 e. The number of nitrogens with zero attached hydrogens (tertiary/aromatic N) is 5. The average Bonchev–Trinajstić information content (AvgIpc) is 2.81. The van der Waals surface area contributed by atoms with E-state index in [1.54, 1.807) is 4.68 Å². The van der Waals surface area contributed by atoms with Crippen molar-refractivity contribution in [2.45, 2.75) is 19.1 Å². The van der Waals surface area contributed by atoms with Crippen LogP contribution < -0.4 is 4.90 Å². The lowest BCUT2D eigenvalue weighted by Gasteiger charge is -2.36. The number of halogens is 1. The summed E-state index contributed by atoms with van der Waals surface area (Å²) in [5.41, 5.74) is 0.727. The Hall–Kier alpha value is -1.74. The molecule has 8 nitrogen and oxygen atoms in total. The summed E-state index contributed by atoms with van der Waals surface area (Å²) >= 11 is 3.45. The predicted octanol–water partition coefficient (Wildman–Crippen LogP) is 0.892. The van der Waals surface area contributed by atoms with Gasteiger partial charge in [-0.1, -0.05) is 0 Å². The molecule has 0 aliphatic carbocycles. The molecular formula is C13H16BrN5O3. The molecule has 0 N–H and O–H groups in total. The van der Waals surface area contributed by atoms with Crippen molar-refractivity contribution >= 4 is 38.8 Å². The molecule has 3 rings (SSSR count). The number of methoxy groups -OCH3 is 1. The van der Waals surface area contributed by atoms with Crippen molar-refractivity contribution in [3.05, 3.63) is 10.9 Å². The molecule has 1 fully saturated rings. The first kappa shape index (κ1) is 15.2. The van der Waals surface area contributed by atoms with Gasteiger partial charge < -0.3 is 14.4 Å². The number of esters is 1. The van der Waals surface area contributed by atoms with E-state index in [1.807, 2.05) is 18.9 Å². The summed E-state index contributed by atoms with van der Waals surface area (Å²) in [6.45, 7) is 2.92. The maximum absolute atomic E-state index is 11.8. The number of fused-ring (bicyclic) bond motifs is 1. The zero-order valence-electron chi connectivity index (χ0n) is 12.5. The molecular weight excluding hydrogens is 354 g/mol. The predicted molar refractivity (Wildman–Crippen MR) is 82.6 cm³/mol. The SMILES string of the molecule is COC(=O)C1CN(c2ncnc3c2c(Br)nn3C)C[C@H](C)O1. The maximum atomic E-state index is 11.8. The van der Waals surface area contributed by atoms with E-state index >= 15 is 0 Å². The Morgan fingerprint density at radius 2 is 2.23 bits per heavy atom. The van der Waals surface area contributed by atoms with Crippen molar-refractivity contribution in [1.29, 1.82) is 0 Å². The number of morpholine rings is 1. The summed E-state index contributed by atoms with van der Waals surface area (Å²) in [5, 5.41) is 5.14. The van der Waals surface area contributed by atoms with Crippen LogP contribution >= 0.6 is 15.9 Å². The van der Waals surface area contributed by atoms with Gasteiger partial charge in [0.15, 0.2) is 11.8 Å². The van der Waals surface area contributed by atoms with E-state index < -0.39 is 6.10 Å². The Morgan fingerprint density at radius 1 is 1.45 bits per heavy atom. The van der Waals surface area contributed by atoms with Gasteiger partial charge in [0.1, 0.15) is 16.7 Å². The highest BCUT2D eigenvalue weighted by atomic mass is 79.9. The summed E-state index contributed by atoms with van der Waals surface area (Å²) < 4.78 is 12.8. The quantitative estimate of drug-likeness (QED) is 0.727. The third-order valence-corrected chi connectivity index (χ3v) is 4.14. The molecule has 0 aromatic carbocycles. The number of aromatic nitrogens is 4. The molecule has 0 bridgehead atoms. The number of anilines is 1. The molecule has 0 spiro atoms. The second-order valence-electron chi connectivity index (χ2n) is 5.17. The first-order valence-electron chi connectivity index (χ1n) is 6.82. The molecule has 118 valence electrons. The molecule has 0 amide bonds. The lowest BCUT2D eigenvalue weighted by molar-refractivity contribution is -0.158. The first-order chi connectivity index (χ1) is 10.5. The normalized spacial score (nSPS) is 22.1. The highest BCUT2D eigenvalue weighted by Crippen LogP contribution is 2.31. The minimum atomic E-state index is -0.630. The number of carbonyl (C=O) groups is 1. The Balaban J connectivity index is 2.01. The fourth-order valence-electron chi connectivity index (χ4n) is 2.65. The minimum Gasteiger partial charge on any atom is -0.467 e. The van der Waals surface area contributed by atoms with Crippen LogP contribution in [-0.4, -0.2) is 58.1 Å². The number of aryl methyl sites for hydroxylation is 1. The molecule has 0 radical (unpaired) electrons. The van der Waals surface area contributed by atoms with E-state index in [4.69, 9.17) is 9.47 Å². The van der Waals surface area contributed by atoms with Crippen LogP contribution in [0.2, 0.25) is 0 Å². The standard InChI is InChI=1S/C13H16BrN5O3/c1-7-4-19(5-8(22-7)13(20)21-3)12-9-10(14)17-18(2)11(9)15-6-16-12/h6-8H,4-5H2,1-3H3/t7-,8?/m0/s1. The summed E-state index contributed by atoms with van der Waals surface area (Å²) in [4.78, 5) is 22.4. The van der Waals surface area contributed by atoms with Crippen molar-refractivity contribution < 1.29 is 14.3 Å². The number of hydrogen-bond acceptors (Lipinski definition) is 7. The zero-order valence-corrected chi connectivity index (χ0v) is 14.1. The Bertz CT molecular complexity index is 719. The molecule has 1 saturated heterocycles. The van der Waals surface area contributed by atoms with E-state index in [0.29, 0.717) is 17.7 Å².